The summed E-state index contributed by atoms with van der Waals surface area (Å²) in [5, 5.41) is 0. The third kappa shape index (κ3) is 6.77. The summed E-state index contributed by atoms with van der Waals surface area (Å²) in [6.45, 7) is 6.67. The highest BCUT2D eigenvalue weighted by Gasteiger charge is 2.31. The number of carbonyl (C=O) groups excluding carboxylic acids is 1. The number of halogens is 4. The molecule has 0 spiro atoms. The third-order valence-electron chi connectivity index (χ3n) is 5.25. The van der Waals surface area contributed by atoms with Crippen LogP contribution >= 0.6 is 0 Å². The predicted octanol–water partition coefficient (Wildman–Crippen LogP) is 4.84. The van der Waals surface area contributed by atoms with Crippen LogP contribution in [0.2, 0.25) is 0 Å². The molecule has 8 heteroatoms. The van der Waals surface area contributed by atoms with E-state index in [0.29, 0.717) is 44.9 Å². The SMILES string of the molecule is CC(C)CN(CC1CN(Cc2cccc(C(F)(F)F)c2)CCO1)C(=O)c1cccc(F)c1. The quantitative estimate of drug-likeness (QED) is 0.564. The maximum atomic E-state index is 13.6. The van der Waals surface area contributed by atoms with Crippen molar-refractivity contribution in [3.8, 4) is 0 Å². The molecule has 0 bridgehead atoms. The van der Waals surface area contributed by atoms with Crippen LogP contribution in [0.25, 0.3) is 0 Å². The summed E-state index contributed by atoms with van der Waals surface area (Å²) in [5.74, 6) is -0.532. The van der Waals surface area contributed by atoms with Crippen molar-refractivity contribution in [2.24, 2.45) is 5.92 Å². The van der Waals surface area contributed by atoms with Crippen molar-refractivity contribution in [2.75, 3.05) is 32.8 Å². The molecule has 1 fully saturated rings. The van der Waals surface area contributed by atoms with E-state index in [1.807, 2.05) is 18.7 Å². The summed E-state index contributed by atoms with van der Waals surface area (Å²) in [6, 6.07) is 10.9. The van der Waals surface area contributed by atoms with Gasteiger partial charge in [-0.05, 0) is 35.7 Å². The second-order valence-electron chi connectivity index (χ2n) is 8.54. The first-order valence-corrected chi connectivity index (χ1v) is 10.7. The number of morpholine rings is 1. The Morgan fingerprint density at radius 3 is 2.62 bits per heavy atom. The molecule has 2 aromatic rings. The van der Waals surface area contributed by atoms with Gasteiger partial charge in [-0.2, -0.15) is 13.2 Å². The molecule has 32 heavy (non-hydrogen) atoms. The maximum absolute atomic E-state index is 13.6. The van der Waals surface area contributed by atoms with Crippen LogP contribution in [0.3, 0.4) is 0 Å². The van der Waals surface area contributed by atoms with Crippen LogP contribution in [0.15, 0.2) is 48.5 Å². The van der Waals surface area contributed by atoms with Gasteiger partial charge in [0.25, 0.3) is 5.91 Å². The van der Waals surface area contributed by atoms with Crippen LogP contribution in [0.4, 0.5) is 17.6 Å². The Morgan fingerprint density at radius 2 is 1.94 bits per heavy atom. The zero-order valence-corrected chi connectivity index (χ0v) is 18.2. The number of hydrogen-bond acceptors (Lipinski definition) is 3. The maximum Gasteiger partial charge on any atom is 0.416 e. The topological polar surface area (TPSA) is 32.8 Å². The van der Waals surface area contributed by atoms with Crippen molar-refractivity contribution in [1.82, 2.24) is 9.80 Å². The van der Waals surface area contributed by atoms with Crippen molar-refractivity contribution in [2.45, 2.75) is 32.7 Å². The first-order valence-electron chi connectivity index (χ1n) is 10.7. The van der Waals surface area contributed by atoms with E-state index in [1.165, 1.54) is 30.3 Å². The molecule has 0 N–H and O–H groups in total. The van der Waals surface area contributed by atoms with Gasteiger partial charge in [-0.25, -0.2) is 4.39 Å². The van der Waals surface area contributed by atoms with Gasteiger partial charge in [-0.1, -0.05) is 38.1 Å². The first kappa shape index (κ1) is 24.2. The Morgan fingerprint density at radius 1 is 1.19 bits per heavy atom. The lowest BCUT2D eigenvalue weighted by molar-refractivity contribution is -0.137. The molecule has 1 unspecified atom stereocenters. The molecule has 0 aliphatic carbocycles. The molecule has 1 atom stereocenters. The first-order chi connectivity index (χ1) is 15.1. The van der Waals surface area contributed by atoms with Gasteiger partial charge in [-0.15, -0.1) is 0 Å². The average molecular weight is 452 g/mol. The molecule has 0 aromatic heterocycles. The summed E-state index contributed by atoms with van der Waals surface area (Å²) in [5.41, 5.74) is 0.196. The minimum Gasteiger partial charge on any atom is -0.374 e. The number of hydrogen-bond donors (Lipinski definition) is 0. The molecule has 174 valence electrons. The number of rotatable bonds is 7. The largest absolute Gasteiger partial charge is 0.416 e. The van der Waals surface area contributed by atoms with E-state index < -0.39 is 17.6 Å². The normalized spacial score (nSPS) is 17.5. The van der Waals surface area contributed by atoms with Crippen LogP contribution in [0.1, 0.15) is 35.3 Å². The number of ether oxygens (including phenoxy) is 1. The highest BCUT2D eigenvalue weighted by molar-refractivity contribution is 5.94. The lowest BCUT2D eigenvalue weighted by Gasteiger charge is -2.36. The lowest BCUT2D eigenvalue weighted by atomic mass is 10.1. The highest BCUT2D eigenvalue weighted by atomic mass is 19.4. The molecular weight excluding hydrogens is 424 g/mol. The van der Waals surface area contributed by atoms with Gasteiger partial charge < -0.3 is 9.64 Å². The predicted molar refractivity (Wildman–Crippen MR) is 114 cm³/mol. The average Bonchev–Trinajstić information content (AvgIpc) is 2.72. The van der Waals surface area contributed by atoms with Crippen LogP contribution < -0.4 is 0 Å². The summed E-state index contributed by atoms with van der Waals surface area (Å²) in [6.07, 6.45) is -4.66. The molecular formula is C24H28F4N2O2. The molecule has 4 nitrogen and oxygen atoms in total. The zero-order chi connectivity index (χ0) is 23.3. The Bertz CT molecular complexity index is 917. The number of nitrogens with zero attached hydrogens (tertiary/aromatic N) is 2. The number of amides is 1. The number of carbonyl (C=O) groups is 1. The van der Waals surface area contributed by atoms with E-state index in [2.05, 4.69) is 0 Å². The van der Waals surface area contributed by atoms with Crippen molar-refractivity contribution >= 4 is 5.91 Å². The summed E-state index contributed by atoms with van der Waals surface area (Å²) in [4.78, 5) is 16.7. The van der Waals surface area contributed by atoms with Gasteiger partial charge in [0.2, 0.25) is 0 Å². The molecule has 2 aromatic carbocycles. The van der Waals surface area contributed by atoms with Gasteiger partial charge in [0.15, 0.2) is 0 Å². The minimum atomic E-state index is -4.38. The fourth-order valence-electron chi connectivity index (χ4n) is 3.87. The lowest BCUT2D eigenvalue weighted by Crippen LogP contribution is -2.49. The molecule has 0 saturated carbocycles. The molecule has 1 heterocycles. The molecule has 1 saturated heterocycles. The Kier molecular flexibility index (Phi) is 7.90. The van der Waals surface area contributed by atoms with Gasteiger partial charge in [0, 0.05) is 38.3 Å². The minimum absolute atomic E-state index is 0.206. The monoisotopic (exact) mass is 452 g/mol. The number of alkyl halides is 3. The van der Waals surface area contributed by atoms with Crippen molar-refractivity contribution < 1.29 is 27.1 Å². The van der Waals surface area contributed by atoms with Gasteiger partial charge in [0.05, 0.1) is 18.3 Å². The molecule has 1 aliphatic heterocycles. The molecule has 0 radical (unpaired) electrons. The van der Waals surface area contributed by atoms with Crippen LogP contribution in [-0.2, 0) is 17.5 Å². The smallest absolute Gasteiger partial charge is 0.374 e. The van der Waals surface area contributed by atoms with E-state index in [4.69, 9.17) is 4.74 Å². The van der Waals surface area contributed by atoms with Gasteiger partial charge in [-0.3, -0.25) is 9.69 Å². The number of benzene rings is 2. The Balaban J connectivity index is 1.67. The standard InChI is InChI=1S/C24H28F4N2O2/c1-17(2)13-30(23(31)19-6-4-8-21(25)12-19)16-22-15-29(9-10-32-22)14-18-5-3-7-20(11-18)24(26,27)28/h3-8,11-12,17,22H,9-10,13-16H2,1-2H3. The van der Waals surface area contributed by atoms with Crippen LogP contribution in [0, 0.1) is 11.7 Å². The van der Waals surface area contributed by atoms with E-state index in [1.54, 1.807) is 17.0 Å². The fraction of sp³-hybridized carbons (Fsp3) is 0.458. The molecule has 3 rings (SSSR count). The van der Waals surface area contributed by atoms with Crippen molar-refractivity contribution in [3.63, 3.8) is 0 Å². The van der Waals surface area contributed by atoms with E-state index >= 15 is 0 Å². The summed E-state index contributed by atoms with van der Waals surface area (Å²) in [7, 11) is 0. The summed E-state index contributed by atoms with van der Waals surface area (Å²) < 4.78 is 58.5. The zero-order valence-electron chi connectivity index (χ0n) is 18.2. The van der Waals surface area contributed by atoms with E-state index in [9.17, 15) is 22.4 Å². The third-order valence-corrected chi connectivity index (χ3v) is 5.25. The van der Waals surface area contributed by atoms with E-state index in [0.717, 1.165) is 6.07 Å². The van der Waals surface area contributed by atoms with Crippen LogP contribution in [-0.4, -0.2) is 54.6 Å². The summed E-state index contributed by atoms with van der Waals surface area (Å²) >= 11 is 0. The fourth-order valence-corrected chi connectivity index (χ4v) is 3.87. The molecule has 1 aliphatic rings. The van der Waals surface area contributed by atoms with Gasteiger partial charge in [0.1, 0.15) is 5.82 Å². The Labute approximate surface area is 185 Å². The van der Waals surface area contributed by atoms with Crippen LogP contribution in [0.5, 0.6) is 0 Å². The van der Waals surface area contributed by atoms with E-state index in [-0.39, 0.29) is 23.5 Å². The van der Waals surface area contributed by atoms with Gasteiger partial charge >= 0.3 is 6.18 Å². The highest BCUT2D eigenvalue weighted by Crippen LogP contribution is 2.30. The molecule has 1 amide bonds. The second kappa shape index (κ2) is 10.4. The second-order valence-corrected chi connectivity index (χ2v) is 8.54. The Hall–Kier alpha value is -2.45. The van der Waals surface area contributed by atoms with Crippen molar-refractivity contribution in [3.05, 3.63) is 71.0 Å². The van der Waals surface area contributed by atoms with Crippen molar-refractivity contribution in [1.29, 1.82) is 0 Å².